The molecule has 3 heteroatoms. The fourth-order valence-corrected chi connectivity index (χ4v) is 3.79. The number of rotatable bonds is 7. The topological polar surface area (TPSA) is 46.5 Å². The number of carbonyl (C=O) groups excluding carboxylic acids is 1. The molecule has 0 aromatic rings. The van der Waals surface area contributed by atoms with Gasteiger partial charge in [0.05, 0.1) is 0 Å². The van der Waals surface area contributed by atoms with Crippen molar-refractivity contribution in [3.05, 3.63) is 35.5 Å². The lowest BCUT2D eigenvalue weighted by molar-refractivity contribution is -0.151. The summed E-state index contributed by atoms with van der Waals surface area (Å²) >= 11 is 0. The van der Waals surface area contributed by atoms with E-state index in [-0.39, 0.29) is 5.41 Å². The second-order valence-electron chi connectivity index (χ2n) is 7.44. The zero-order valence-corrected chi connectivity index (χ0v) is 14.7. The molecule has 0 bridgehead atoms. The first kappa shape index (κ1) is 18.0. The molecule has 0 radical (unpaired) electrons. The standard InChI is InChI=1S/C20H30O3/c1-14(2)7-5-9-17-10-6-8-15(3)20(17,4)12-11-16-13-18(21)23-19(16)22/h10,13,15,19,22H,1,5-9,11-12H2,2-4H3/t15-,19?,20-/m0/s1. The summed E-state index contributed by atoms with van der Waals surface area (Å²) in [5.74, 6) is 0.190. The third-order valence-electron chi connectivity index (χ3n) is 5.64. The van der Waals surface area contributed by atoms with Crippen LogP contribution < -0.4 is 0 Å². The van der Waals surface area contributed by atoms with Crippen molar-refractivity contribution in [2.75, 3.05) is 0 Å². The molecule has 1 aliphatic heterocycles. The van der Waals surface area contributed by atoms with Gasteiger partial charge < -0.3 is 9.84 Å². The van der Waals surface area contributed by atoms with Crippen LogP contribution in [0.3, 0.4) is 0 Å². The summed E-state index contributed by atoms with van der Waals surface area (Å²) in [6.07, 6.45) is 10.2. The molecule has 3 nitrogen and oxygen atoms in total. The van der Waals surface area contributed by atoms with E-state index in [4.69, 9.17) is 4.74 Å². The number of aliphatic hydroxyl groups excluding tert-OH is 1. The van der Waals surface area contributed by atoms with Crippen molar-refractivity contribution in [2.24, 2.45) is 11.3 Å². The molecular formula is C20H30O3. The lowest BCUT2D eigenvalue weighted by atomic mass is 9.63. The predicted octanol–water partition coefficient (Wildman–Crippen LogP) is 4.68. The maximum Gasteiger partial charge on any atom is 0.333 e. The van der Waals surface area contributed by atoms with Crippen LogP contribution in [0.5, 0.6) is 0 Å². The van der Waals surface area contributed by atoms with Crippen molar-refractivity contribution >= 4 is 5.97 Å². The highest BCUT2D eigenvalue weighted by Gasteiger charge is 2.37. The van der Waals surface area contributed by atoms with Gasteiger partial charge in [0.25, 0.3) is 0 Å². The van der Waals surface area contributed by atoms with Crippen LogP contribution in [0, 0.1) is 11.3 Å². The molecule has 0 fully saturated rings. The highest BCUT2D eigenvalue weighted by atomic mass is 16.6. The Morgan fingerprint density at radius 3 is 2.83 bits per heavy atom. The molecule has 0 aromatic heterocycles. The number of cyclic esters (lactones) is 1. The molecule has 0 saturated heterocycles. The second-order valence-corrected chi connectivity index (χ2v) is 7.44. The van der Waals surface area contributed by atoms with Gasteiger partial charge in [-0.15, -0.1) is 6.58 Å². The van der Waals surface area contributed by atoms with E-state index in [0.29, 0.717) is 12.3 Å². The maximum atomic E-state index is 11.3. The van der Waals surface area contributed by atoms with Crippen LogP contribution in [0.2, 0.25) is 0 Å². The summed E-state index contributed by atoms with van der Waals surface area (Å²) in [6, 6.07) is 0. The highest BCUT2D eigenvalue weighted by Crippen LogP contribution is 2.48. The van der Waals surface area contributed by atoms with Gasteiger partial charge in [-0.25, -0.2) is 4.79 Å². The molecule has 1 heterocycles. The third kappa shape index (κ3) is 4.35. The van der Waals surface area contributed by atoms with E-state index in [1.54, 1.807) is 0 Å². The van der Waals surface area contributed by atoms with Gasteiger partial charge in [-0.05, 0) is 63.2 Å². The molecule has 2 aliphatic rings. The summed E-state index contributed by atoms with van der Waals surface area (Å²) in [4.78, 5) is 11.3. The van der Waals surface area contributed by atoms with Crippen LogP contribution in [0.1, 0.15) is 65.7 Å². The van der Waals surface area contributed by atoms with Crippen LogP contribution in [-0.2, 0) is 9.53 Å². The van der Waals surface area contributed by atoms with Crippen LogP contribution in [0.15, 0.2) is 35.5 Å². The fraction of sp³-hybridized carbons (Fsp3) is 0.650. The summed E-state index contributed by atoms with van der Waals surface area (Å²) in [7, 11) is 0. The molecular weight excluding hydrogens is 288 g/mol. The average molecular weight is 318 g/mol. The van der Waals surface area contributed by atoms with E-state index in [9.17, 15) is 9.90 Å². The van der Waals surface area contributed by atoms with Gasteiger partial charge in [-0.2, -0.15) is 0 Å². The van der Waals surface area contributed by atoms with Gasteiger partial charge >= 0.3 is 5.97 Å². The van der Waals surface area contributed by atoms with E-state index in [1.807, 2.05) is 0 Å². The van der Waals surface area contributed by atoms with Crippen molar-refractivity contribution in [2.45, 2.75) is 72.0 Å². The quantitative estimate of drug-likeness (QED) is 0.548. The Hall–Kier alpha value is -1.35. The Labute approximate surface area is 140 Å². The number of carbonyl (C=O) groups is 1. The van der Waals surface area contributed by atoms with Crippen molar-refractivity contribution < 1.29 is 14.6 Å². The van der Waals surface area contributed by atoms with Gasteiger partial charge in [0.2, 0.25) is 6.29 Å². The number of hydrogen-bond acceptors (Lipinski definition) is 3. The van der Waals surface area contributed by atoms with E-state index in [1.165, 1.54) is 23.6 Å². The molecule has 23 heavy (non-hydrogen) atoms. The second kappa shape index (κ2) is 7.48. The van der Waals surface area contributed by atoms with Crippen molar-refractivity contribution in [3.63, 3.8) is 0 Å². The normalized spacial score (nSPS) is 30.7. The molecule has 0 aromatic carbocycles. The molecule has 0 amide bonds. The molecule has 0 spiro atoms. The van der Waals surface area contributed by atoms with Crippen molar-refractivity contribution in [3.8, 4) is 0 Å². The van der Waals surface area contributed by atoms with E-state index < -0.39 is 12.3 Å². The molecule has 1 aliphatic carbocycles. The molecule has 0 saturated carbocycles. The lowest BCUT2D eigenvalue weighted by Crippen LogP contribution is -2.31. The van der Waals surface area contributed by atoms with Crippen molar-refractivity contribution in [1.29, 1.82) is 0 Å². The summed E-state index contributed by atoms with van der Waals surface area (Å²) < 4.78 is 4.79. The Morgan fingerprint density at radius 2 is 2.22 bits per heavy atom. The molecule has 1 unspecified atom stereocenters. The minimum atomic E-state index is -1.04. The molecule has 3 atom stereocenters. The molecule has 128 valence electrons. The number of hydrogen-bond donors (Lipinski definition) is 1. The zero-order valence-electron chi connectivity index (χ0n) is 14.7. The SMILES string of the molecule is C=C(C)CCCC1=CCC[C@H](C)[C@]1(C)CCC1=CC(=O)OC1O. The first-order valence-electron chi connectivity index (χ1n) is 8.76. The van der Waals surface area contributed by atoms with Crippen LogP contribution >= 0.6 is 0 Å². The Bertz CT molecular complexity index is 529. The minimum Gasteiger partial charge on any atom is -0.429 e. The summed E-state index contributed by atoms with van der Waals surface area (Å²) in [6.45, 7) is 10.7. The van der Waals surface area contributed by atoms with Gasteiger partial charge in [0, 0.05) is 11.6 Å². The zero-order chi connectivity index (χ0) is 17.0. The predicted molar refractivity (Wildman–Crippen MR) is 92.7 cm³/mol. The number of esters is 1. The van der Waals surface area contributed by atoms with Crippen LogP contribution in [-0.4, -0.2) is 17.4 Å². The Kier molecular flexibility index (Phi) is 5.85. The minimum absolute atomic E-state index is 0.138. The number of allylic oxidation sites excluding steroid dienone is 3. The Morgan fingerprint density at radius 1 is 1.48 bits per heavy atom. The van der Waals surface area contributed by atoms with Gasteiger partial charge in [-0.3, -0.25) is 0 Å². The highest BCUT2D eigenvalue weighted by molar-refractivity contribution is 5.85. The smallest absolute Gasteiger partial charge is 0.333 e. The summed E-state index contributed by atoms with van der Waals surface area (Å²) in [5, 5.41) is 9.77. The van der Waals surface area contributed by atoms with Crippen molar-refractivity contribution in [1.82, 2.24) is 0 Å². The first-order valence-corrected chi connectivity index (χ1v) is 8.76. The molecule has 2 rings (SSSR count). The third-order valence-corrected chi connectivity index (χ3v) is 5.64. The van der Waals surface area contributed by atoms with E-state index in [2.05, 4.69) is 33.4 Å². The number of aliphatic hydroxyl groups is 1. The fourth-order valence-electron chi connectivity index (χ4n) is 3.79. The largest absolute Gasteiger partial charge is 0.429 e. The number of ether oxygens (including phenoxy) is 1. The lowest BCUT2D eigenvalue weighted by Gasteiger charge is -2.42. The van der Waals surface area contributed by atoms with E-state index in [0.717, 1.165) is 37.7 Å². The van der Waals surface area contributed by atoms with E-state index >= 15 is 0 Å². The van der Waals surface area contributed by atoms with Crippen LogP contribution in [0.25, 0.3) is 0 Å². The van der Waals surface area contributed by atoms with Crippen LogP contribution in [0.4, 0.5) is 0 Å². The first-order chi connectivity index (χ1) is 10.8. The monoisotopic (exact) mass is 318 g/mol. The van der Waals surface area contributed by atoms with Gasteiger partial charge in [0.1, 0.15) is 0 Å². The Balaban J connectivity index is 2.03. The average Bonchev–Trinajstić information content (AvgIpc) is 2.79. The molecule has 1 N–H and O–H groups in total. The van der Waals surface area contributed by atoms with Gasteiger partial charge in [0.15, 0.2) is 0 Å². The maximum absolute atomic E-state index is 11.3. The van der Waals surface area contributed by atoms with Gasteiger partial charge in [-0.1, -0.05) is 31.1 Å². The summed E-state index contributed by atoms with van der Waals surface area (Å²) in [5.41, 5.74) is 3.64.